The van der Waals surface area contributed by atoms with E-state index in [1.54, 1.807) is 7.11 Å². The average molecular weight is 198 g/mol. The standard InChI is InChI=1S/C10H15FN2O/c1-7(6-14-2)13-10-5-8(11)3-4-9(10)12/h3-5,7,13H,6,12H2,1-2H3. The third-order valence-electron chi connectivity index (χ3n) is 1.83. The van der Waals surface area contributed by atoms with Crippen molar-refractivity contribution in [2.45, 2.75) is 13.0 Å². The van der Waals surface area contributed by atoms with Gasteiger partial charge in [0, 0.05) is 13.2 Å². The van der Waals surface area contributed by atoms with Crippen LogP contribution in [-0.4, -0.2) is 19.8 Å². The number of hydrogen-bond donors (Lipinski definition) is 2. The SMILES string of the molecule is COCC(C)Nc1cc(F)ccc1N. The van der Waals surface area contributed by atoms with Crippen molar-refractivity contribution < 1.29 is 9.13 Å². The summed E-state index contributed by atoms with van der Waals surface area (Å²) in [6.45, 7) is 2.49. The van der Waals surface area contributed by atoms with Crippen LogP contribution in [0.15, 0.2) is 18.2 Å². The fraction of sp³-hybridized carbons (Fsp3) is 0.400. The first-order valence-electron chi connectivity index (χ1n) is 4.44. The molecule has 1 aromatic rings. The van der Waals surface area contributed by atoms with Gasteiger partial charge in [0.2, 0.25) is 0 Å². The highest BCUT2D eigenvalue weighted by Crippen LogP contribution is 2.19. The van der Waals surface area contributed by atoms with E-state index in [2.05, 4.69) is 5.32 Å². The highest BCUT2D eigenvalue weighted by molar-refractivity contribution is 5.66. The summed E-state index contributed by atoms with van der Waals surface area (Å²) in [5.41, 5.74) is 6.81. The average Bonchev–Trinajstić information content (AvgIpc) is 2.12. The van der Waals surface area contributed by atoms with E-state index in [1.165, 1.54) is 18.2 Å². The number of nitrogens with one attached hydrogen (secondary N) is 1. The van der Waals surface area contributed by atoms with Crippen LogP contribution in [0.2, 0.25) is 0 Å². The highest BCUT2D eigenvalue weighted by atomic mass is 19.1. The molecule has 0 saturated heterocycles. The lowest BCUT2D eigenvalue weighted by molar-refractivity contribution is 0.190. The van der Waals surface area contributed by atoms with E-state index in [-0.39, 0.29) is 11.9 Å². The van der Waals surface area contributed by atoms with Crippen LogP contribution < -0.4 is 11.1 Å². The number of ether oxygens (including phenoxy) is 1. The first-order chi connectivity index (χ1) is 6.63. The van der Waals surface area contributed by atoms with Gasteiger partial charge in [-0.3, -0.25) is 0 Å². The zero-order valence-electron chi connectivity index (χ0n) is 8.38. The molecular weight excluding hydrogens is 183 g/mol. The molecule has 4 heteroatoms. The first-order valence-corrected chi connectivity index (χ1v) is 4.44. The van der Waals surface area contributed by atoms with E-state index < -0.39 is 0 Å². The molecular formula is C10H15FN2O. The van der Waals surface area contributed by atoms with Gasteiger partial charge in [-0.2, -0.15) is 0 Å². The molecule has 14 heavy (non-hydrogen) atoms. The maximum absolute atomic E-state index is 12.9. The number of nitrogen functional groups attached to an aromatic ring is 1. The molecule has 3 nitrogen and oxygen atoms in total. The minimum atomic E-state index is -0.300. The van der Waals surface area contributed by atoms with E-state index in [0.717, 1.165) is 0 Å². The Labute approximate surface area is 83.1 Å². The number of hydrogen-bond acceptors (Lipinski definition) is 3. The third-order valence-corrected chi connectivity index (χ3v) is 1.83. The van der Waals surface area contributed by atoms with Crippen molar-refractivity contribution in [1.29, 1.82) is 0 Å². The monoisotopic (exact) mass is 198 g/mol. The molecule has 0 spiro atoms. The van der Waals surface area contributed by atoms with Gasteiger partial charge in [0.15, 0.2) is 0 Å². The van der Waals surface area contributed by atoms with Crippen molar-refractivity contribution in [2.75, 3.05) is 24.8 Å². The molecule has 0 radical (unpaired) electrons. The minimum Gasteiger partial charge on any atom is -0.397 e. The highest BCUT2D eigenvalue weighted by Gasteiger charge is 2.05. The lowest BCUT2D eigenvalue weighted by Gasteiger charge is -2.15. The summed E-state index contributed by atoms with van der Waals surface area (Å²) >= 11 is 0. The second-order valence-electron chi connectivity index (χ2n) is 3.23. The second-order valence-corrected chi connectivity index (χ2v) is 3.23. The summed E-state index contributed by atoms with van der Waals surface area (Å²) in [5.74, 6) is -0.300. The Hall–Kier alpha value is -1.29. The Bertz CT molecular complexity index is 304. The van der Waals surface area contributed by atoms with Crippen LogP contribution in [0.4, 0.5) is 15.8 Å². The van der Waals surface area contributed by atoms with Crippen molar-refractivity contribution in [3.8, 4) is 0 Å². The minimum absolute atomic E-state index is 0.101. The maximum atomic E-state index is 12.9. The Kier molecular flexibility index (Phi) is 3.71. The smallest absolute Gasteiger partial charge is 0.125 e. The van der Waals surface area contributed by atoms with Gasteiger partial charge in [0.05, 0.1) is 18.0 Å². The van der Waals surface area contributed by atoms with E-state index in [9.17, 15) is 4.39 Å². The van der Waals surface area contributed by atoms with Gasteiger partial charge in [-0.05, 0) is 25.1 Å². The van der Waals surface area contributed by atoms with E-state index >= 15 is 0 Å². The van der Waals surface area contributed by atoms with Crippen LogP contribution in [0.25, 0.3) is 0 Å². The molecule has 1 unspecified atom stereocenters. The van der Waals surface area contributed by atoms with Gasteiger partial charge in [-0.25, -0.2) is 4.39 Å². The molecule has 0 bridgehead atoms. The molecule has 0 amide bonds. The van der Waals surface area contributed by atoms with Crippen LogP contribution in [0.3, 0.4) is 0 Å². The fourth-order valence-corrected chi connectivity index (χ4v) is 1.21. The van der Waals surface area contributed by atoms with Crippen molar-refractivity contribution in [3.05, 3.63) is 24.0 Å². The summed E-state index contributed by atoms with van der Waals surface area (Å²) in [4.78, 5) is 0. The Morgan fingerprint density at radius 3 is 2.93 bits per heavy atom. The van der Waals surface area contributed by atoms with Crippen molar-refractivity contribution >= 4 is 11.4 Å². The van der Waals surface area contributed by atoms with Crippen LogP contribution in [0.5, 0.6) is 0 Å². The Morgan fingerprint density at radius 2 is 2.29 bits per heavy atom. The molecule has 1 atom stereocenters. The predicted octanol–water partition coefficient (Wildman–Crippen LogP) is 1.85. The van der Waals surface area contributed by atoms with E-state index in [0.29, 0.717) is 18.0 Å². The first kappa shape index (κ1) is 10.8. The summed E-state index contributed by atoms with van der Waals surface area (Å²) in [5, 5.41) is 3.06. The largest absolute Gasteiger partial charge is 0.397 e. The molecule has 0 fully saturated rings. The van der Waals surface area contributed by atoms with Gasteiger partial charge in [-0.15, -0.1) is 0 Å². The van der Waals surface area contributed by atoms with Crippen LogP contribution in [0.1, 0.15) is 6.92 Å². The summed E-state index contributed by atoms with van der Waals surface area (Å²) < 4.78 is 17.8. The normalized spacial score (nSPS) is 12.5. The molecule has 3 N–H and O–H groups in total. The number of halogens is 1. The molecule has 78 valence electrons. The number of benzene rings is 1. The molecule has 0 aliphatic heterocycles. The summed E-state index contributed by atoms with van der Waals surface area (Å²) in [7, 11) is 1.62. The molecule has 0 aromatic heterocycles. The molecule has 0 saturated carbocycles. The van der Waals surface area contributed by atoms with E-state index in [1.807, 2.05) is 6.92 Å². The second kappa shape index (κ2) is 4.81. The molecule has 0 aliphatic rings. The van der Waals surface area contributed by atoms with Gasteiger partial charge < -0.3 is 15.8 Å². The zero-order chi connectivity index (χ0) is 10.6. The number of methoxy groups -OCH3 is 1. The van der Waals surface area contributed by atoms with Crippen LogP contribution in [-0.2, 0) is 4.74 Å². The van der Waals surface area contributed by atoms with Gasteiger partial charge in [-0.1, -0.05) is 0 Å². The molecule has 0 aliphatic carbocycles. The van der Waals surface area contributed by atoms with Gasteiger partial charge >= 0.3 is 0 Å². The van der Waals surface area contributed by atoms with Gasteiger partial charge in [0.1, 0.15) is 5.82 Å². The molecule has 1 rings (SSSR count). The Balaban J connectivity index is 2.70. The Morgan fingerprint density at radius 1 is 1.57 bits per heavy atom. The quantitative estimate of drug-likeness (QED) is 0.726. The van der Waals surface area contributed by atoms with Crippen molar-refractivity contribution in [3.63, 3.8) is 0 Å². The van der Waals surface area contributed by atoms with Crippen LogP contribution in [0, 0.1) is 5.82 Å². The number of nitrogens with two attached hydrogens (primary N) is 1. The van der Waals surface area contributed by atoms with E-state index in [4.69, 9.17) is 10.5 Å². The third kappa shape index (κ3) is 2.88. The van der Waals surface area contributed by atoms with Gasteiger partial charge in [0.25, 0.3) is 0 Å². The van der Waals surface area contributed by atoms with Crippen molar-refractivity contribution in [2.24, 2.45) is 0 Å². The van der Waals surface area contributed by atoms with Crippen LogP contribution >= 0.6 is 0 Å². The summed E-state index contributed by atoms with van der Waals surface area (Å²) in [6.07, 6.45) is 0. The number of rotatable bonds is 4. The number of anilines is 2. The molecule has 1 aromatic carbocycles. The summed E-state index contributed by atoms with van der Waals surface area (Å²) in [6, 6.07) is 4.35. The zero-order valence-corrected chi connectivity index (χ0v) is 8.38. The predicted molar refractivity (Wildman–Crippen MR) is 55.8 cm³/mol. The maximum Gasteiger partial charge on any atom is 0.125 e. The van der Waals surface area contributed by atoms with Crippen molar-refractivity contribution in [1.82, 2.24) is 0 Å². The fourth-order valence-electron chi connectivity index (χ4n) is 1.21. The molecule has 0 heterocycles. The lowest BCUT2D eigenvalue weighted by atomic mass is 10.2. The lowest BCUT2D eigenvalue weighted by Crippen LogP contribution is -2.21. The topological polar surface area (TPSA) is 47.3 Å².